The van der Waals surface area contributed by atoms with Gasteiger partial charge >= 0.3 is 0 Å². The Balaban J connectivity index is 1.84. The summed E-state index contributed by atoms with van der Waals surface area (Å²) in [6.07, 6.45) is 1.43. The Morgan fingerprint density at radius 3 is 2.45 bits per heavy atom. The Morgan fingerprint density at radius 1 is 1.03 bits per heavy atom. The van der Waals surface area contributed by atoms with E-state index in [1.807, 2.05) is 25.1 Å². The van der Waals surface area contributed by atoms with Crippen LogP contribution in [0.25, 0.3) is 6.08 Å². The van der Waals surface area contributed by atoms with E-state index in [0.29, 0.717) is 39.4 Å². The molecule has 3 aromatic rings. The number of carbonyl (C=O) groups excluding carboxylic acids is 1. The average Bonchev–Trinajstić information content (AvgIpc) is 2.78. The summed E-state index contributed by atoms with van der Waals surface area (Å²) in [6, 6.07) is 19.0. The predicted octanol–water partition coefficient (Wildman–Crippen LogP) is 7.17. The smallest absolute Gasteiger partial charge is 0.266 e. The standard InChI is InChI=1S/C25H19Cl3N2O3/c1-2-32-23-13-17(10-18(14-29)25(31)30-21-8-6-19(26)7-9-21)12-22(28)24(23)33-15-16-4-3-5-20(27)11-16/h3-13H,2,15H2,1H3,(H,30,31)/b18-10+. The zero-order valence-electron chi connectivity index (χ0n) is 17.6. The zero-order valence-corrected chi connectivity index (χ0v) is 19.8. The van der Waals surface area contributed by atoms with Crippen molar-refractivity contribution in [2.24, 2.45) is 0 Å². The fourth-order valence-electron chi connectivity index (χ4n) is 2.90. The number of anilines is 1. The lowest BCUT2D eigenvalue weighted by molar-refractivity contribution is -0.112. The maximum Gasteiger partial charge on any atom is 0.266 e. The fourth-order valence-corrected chi connectivity index (χ4v) is 3.52. The maximum atomic E-state index is 12.5. The summed E-state index contributed by atoms with van der Waals surface area (Å²) < 4.78 is 11.6. The van der Waals surface area contributed by atoms with Gasteiger partial charge < -0.3 is 14.8 Å². The van der Waals surface area contributed by atoms with Crippen molar-refractivity contribution in [1.82, 2.24) is 0 Å². The number of hydrogen-bond donors (Lipinski definition) is 1. The summed E-state index contributed by atoms with van der Waals surface area (Å²) in [5, 5.41) is 13.6. The minimum absolute atomic E-state index is 0.101. The first-order valence-corrected chi connectivity index (χ1v) is 11.0. The summed E-state index contributed by atoms with van der Waals surface area (Å²) in [5.41, 5.74) is 1.80. The van der Waals surface area contributed by atoms with Crippen LogP contribution in [0.5, 0.6) is 11.5 Å². The molecule has 0 saturated carbocycles. The van der Waals surface area contributed by atoms with E-state index in [1.165, 1.54) is 6.08 Å². The number of halogens is 3. The number of ether oxygens (including phenoxy) is 2. The van der Waals surface area contributed by atoms with Crippen LogP contribution in [0.3, 0.4) is 0 Å². The van der Waals surface area contributed by atoms with Gasteiger partial charge in [0.05, 0.1) is 11.6 Å². The number of nitrogens with one attached hydrogen (secondary N) is 1. The molecule has 0 aliphatic rings. The van der Waals surface area contributed by atoms with E-state index in [4.69, 9.17) is 44.3 Å². The number of hydrogen-bond acceptors (Lipinski definition) is 4. The van der Waals surface area contributed by atoms with E-state index < -0.39 is 5.91 Å². The van der Waals surface area contributed by atoms with Crippen LogP contribution in [0.1, 0.15) is 18.1 Å². The number of carbonyl (C=O) groups is 1. The number of nitriles is 1. The van der Waals surface area contributed by atoms with Gasteiger partial charge in [-0.05, 0) is 72.7 Å². The number of benzene rings is 3. The second-order valence-electron chi connectivity index (χ2n) is 6.81. The van der Waals surface area contributed by atoms with Gasteiger partial charge in [0.1, 0.15) is 18.2 Å². The molecule has 0 aliphatic carbocycles. The van der Waals surface area contributed by atoms with E-state index in [9.17, 15) is 10.1 Å². The lowest BCUT2D eigenvalue weighted by atomic mass is 10.1. The van der Waals surface area contributed by atoms with Crippen LogP contribution in [0.4, 0.5) is 5.69 Å². The highest BCUT2D eigenvalue weighted by atomic mass is 35.5. The van der Waals surface area contributed by atoms with Crippen LogP contribution in [-0.4, -0.2) is 12.5 Å². The number of amides is 1. The molecular formula is C25H19Cl3N2O3. The van der Waals surface area contributed by atoms with E-state index >= 15 is 0 Å². The Labute approximate surface area is 207 Å². The molecule has 5 nitrogen and oxygen atoms in total. The predicted molar refractivity (Wildman–Crippen MR) is 132 cm³/mol. The third-order valence-electron chi connectivity index (χ3n) is 4.38. The van der Waals surface area contributed by atoms with Crippen LogP contribution in [-0.2, 0) is 11.4 Å². The summed E-state index contributed by atoms with van der Waals surface area (Å²) in [6.45, 7) is 2.44. The van der Waals surface area contributed by atoms with Crippen molar-refractivity contribution >= 4 is 52.5 Å². The molecule has 0 bridgehead atoms. The van der Waals surface area contributed by atoms with Crippen molar-refractivity contribution in [2.45, 2.75) is 13.5 Å². The van der Waals surface area contributed by atoms with Gasteiger partial charge in [-0.15, -0.1) is 0 Å². The highest BCUT2D eigenvalue weighted by Crippen LogP contribution is 2.38. The van der Waals surface area contributed by atoms with E-state index in [2.05, 4.69) is 5.32 Å². The second kappa shape index (κ2) is 11.6. The largest absolute Gasteiger partial charge is 0.490 e. The highest BCUT2D eigenvalue weighted by molar-refractivity contribution is 6.32. The van der Waals surface area contributed by atoms with Crippen molar-refractivity contribution in [2.75, 3.05) is 11.9 Å². The van der Waals surface area contributed by atoms with E-state index in [1.54, 1.807) is 48.5 Å². The molecule has 3 aromatic carbocycles. The molecule has 33 heavy (non-hydrogen) atoms. The first-order chi connectivity index (χ1) is 15.9. The maximum absolute atomic E-state index is 12.5. The van der Waals surface area contributed by atoms with Crippen LogP contribution in [0.15, 0.2) is 66.2 Å². The van der Waals surface area contributed by atoms with Gasteiger partial charge in [0.25, 0.3) is 5.91 Å². The van der Waals surface area contributed by atoms with Crippen LogP contribution < -0.4 is 14.8 Å². The molecule has 3 rings (SSSR count). The van der Waals surface area contributed by atoms with Crippen LogP contribution in [0, 0.1) is 11.3 Å². The topological polar surface area (TPSA) is 71.3 Å². The molecule has 0 fully saturated rings. The molecular weight excluding hydrogens is 483 g/mol. The highest BCUT2D eigenvalue weighted by Gasteiger charge is 2.15. The van der Waals surface area contributed by atoms with Gasteiger partial charge in [0.2, 0.25) is 0 Å². The molecule has 1 amide bonds. The molecule has 8 heteroatoms. The molecule has 0 spiro atoms. The molecule has 168 valence electrons. The molecule has 0 aliphatic heterocycles. The Hall–Kier alpha value is -3.17. The number of nitrogens with zero attached hydrogens (tertiary/aromatic N) is 1. The molecule has 0 saturated heterocycles. The minimum Gasteiger partial charge on any atom is -0.490 e. The minimum atomic E-state index is -0.560. The van der Waals surface area contributed by atoms with Gasteiger partial charge in [0.15, 0.2) is 11.5 Å². The molecule has 0 radical (unpaired) electrons. The molecule has 1 N–H and O–H groups in total. The van der Waals surface area contributed by atoms with Gasteiger partial charge in [-0.25, -0.2) is 0 Å². The normalized spacial score (nSPS) is 10.9. The molecule has 0 unspecified atom stereocenters. The lowest BCUT2D eigenvalue weighted by Gasteiger charge is -2.15. The van der Waals surface area contributed by atoms with Crippen molar-refractivity contribution in [1.29, 1.82) is 5.26 Å². The van der Waals surface area contributed by atoms with Gasteiger partial charge in [-0.3, -0.25) is 4.79 Å². The van der Waals surface area contributed by atoms with Crippen LogP contribution in [0.2, 0.25) is 15.1 Å². The van der Waals surface area contributed by atoms with Crippen molar-refractivity contribution in [3.8, 4) is 17.6 Å². The van der Waals surface area contributed by atoms with Crippen molar-refractivity contribution < 1.29 is 14.3 Å². The quantitative estimate of drug-likeness (QED) is 0.262. The number of rotatable bonds is 8. The first-order valence-electron chi connectivity index (χ1n) is 9.92. The Bertz CT molecular complexity index is 1220. The molecule has 0 heterocycles. The molecule has 0 atom stereocenters. The van der Waals surface area contributed by atoms with Crippen molar-refractivity contribution in [3.05, 3.63) is 92.4 Å². The zero-order chi connectivity index (χ0) is 23.8. The monoisotopic (exact) mass is 500 g/mol. The van der Waals surface area contributed by atoms with E-state index in [-0.39, 0.29) is 17.2 Å². The first kappa shape index (κ1) is 24.5. The third-order valence-corrected chi connectivity index (χ3v) is 5.15. The van der Waals surface area contributed by atoms with Gasteiger partial charge in [-0.2, -0.15) is 5.26 Å². The molecule has 0 aromatic heterocycles. The second-order valence-corrected chi connectivity index (χ2v) is 8.09. The average molecular weight is 502 g/mol. The summed E-state index contributed by atoms with van der Waals surface area (Å²) in [4.78, 5) is 12.5. The Morgan fingerprint density at radius 2 is 1.79 bits per heavy atom. The fraction of sp³-hybridized carbons (Fsp3) is 0.120. The van der Waals surface area contributed by atoms with Crippen molar-refractivity contribution in [3.63, 3.8) is 0 Å². The SMILES string of the molecule is CCOc1cc(/C=C(\C#N)C(=O)Nc2ccc(Cl)cc2)cc(Cl)c1OCc1cccc(Cl)c1. The van der Waals surface area contributed by atoms with Crippen LogP contribution >= 0.6 is 34.8 Å². The summed E-state index contributed by atoms with van der Waals surface area (Å²) in [7, 11) is 0. The summed E-state index contributed by atoms with van der Waals surface area (Å²) >= 11 is 18.4. The Kier molecular flexibility index (Phi) is 8.62. The third kappa shape index (κ3) is 6.90. The van der Waals surface area contributed by atoms with Gasteiger partial charge in [-0.1, -0.05) is 46.9 Å². The van der Waals surface area contributed by atoms with E-state index in [0.717, 1.165) is 5.56 Å². The summed E-state index contributed by atoms with van der Waals surface area (Å²) in [5.74, 6) is 0.198. The van der Waals surface area contributed by atoms with Gasteiger partial charge in [0, 0.05) is 15.7 Å². The lowest BCUT2D eigenvalue weighted by Crippen LogP contribution is -2.13.